The Morgan fingerprint density at radius 1 is 1.47 bits per heavy atom. The smallest absolute Gasteiger partial charge is 0.324 e. The first-order chi connectivity index (χ1) is 8.20. The lowest BCUT2D eigenvalue weighted by atomic mass is 10.1. The quantitative estimate of drug-likeness (QED) is 0.836. The normalized spacial score (nSPS) is 23.6. The van der Waals surface area contributed by atoms with Crippen LogP contribution in [0, 0.1) is 6.92 Å². The fourth-order valence-corrected chi connectivity index (χ4v) is 3.01. The van der Waals surface area contributed by atoms with Gasteiger partial charge in [-0.05, 0) is 19.4 Å². The molecule has 0 aliphatic carbocycles. The van der Waals surface area contributed by atoms with Crippen molar-refractivity contribution in [3.8, 4) is 0 Å². The van der Waals surface area contributed by atoms with Gasteiger partial charge in [-0.15, -0.1) is 11.8 Å². The van der Waals surface area contributed by atoms with E-state index in [0.29, 0.717) is 6.61 Å². The molecule has 0 unspecified atom stereocenters. The van der Waals surface area contributed by atoms with Gasteiger partial charge < -0.3 is 4.74 Å². The molecule has 0 amide bonds. The van der Waals surface area contributed by atoms with Crippen molar-refractivity contribution in [1.82, 2.24) is 5.32 Å². The van der Waals surface area contributed by atoms with E-state index in [4.69, 9.17) is 4.74 Å². The second-order valence-electron chi connectivity index (χ2n) is 4.10. The molecule has 2 rings (SSSR count). The highest BCUT2D eigenvalue weighted by atomic mass is 32.2. The molecule has 1 fully saturated rings. The second kappa shape index (κ2) is 5.56. The lowest BCUT2D eigenvalue weighted by Crippen LogP contribution is -2.35. The molecule has 0 radical (unpaired) electrons. The summed E-state index contributed by atoms with van der Waals surface area (Å²) in [5.74, 6) is 0.631. The largest absolute Gasteiger partial charge is 0.465 e. The molecule has 3 nitrogen and oxygen atoms in total. The van der Waals surface area contributed by atoms with Crippen LogP contribution in [0.25, 0.3) is 0 Å². The van der Waals surface area contributed by atoms with Crippen LogP contribution in [0.3, 0.4) is 0 Å². The van der Waals surface area contributed by atoms with E-state index in [1.165, 1.54) is 11.1 Å². The summed E-state index contributed by atoms with van der Waals surface area (Å²) < 4.78 is 5.01. The molecule has 0 aromatic heterocycles. The van der Waals surface area contributed by atoms with E-state index in [0.717, 1.165) is 5.75 Å². The standard InChI is InChI=1S/C13H17NO2S/c1-3-16-13(15)11-8-17-12(14-11)10-6-4-9(2)5-7-10/h4-7,11-12,14H,3,8H2,1-2H3/t11-,12+/m0/s1. The number of thioether (sulfide) groups is 1. The lowest BCUT2D eigenvalue weighted by Gasteiger charge is -2.12. The van der Waals surface area contributed by atoms with Crippen LogP contribution in [-0.2, 0) is 9.53 Å². The van der Waals surface area contributed by atoms with Crippen molar-refractivity contribution in [1.29, 1.82) is 0 Å². The van der Waals surface area contributed by atoms with Gasteiger partial charge >= 0.3 is 5.97 Å². The molecule has 0 bridgehead atoms. The average molecular weight is 251 g/mol. The number of hydrogen-bond donors (Lipinski definition) is 1. The number of esters is 1. The Morgan fingerprint density at radius 3 is 2.82 bits per heavy atom. The zero-order chi connectivity index (χ0) is 12.3. The fraction of sp³-hybridized carbons (Fsp3) is 0.462. The van der Waals surface area contributed by atoms with Crippen LogP contribution in [0.5, 0.6) is 0 Å². The Labute approximate surface area is 106 Å². The molecule has 1 N–H and O–H groups in total. The maximum absolute atomic E-state index is 11.6. The first-order valence-electron chi connectivity index (χ1n) is 5.81. The van der Waals surface area contributed by atoms with Crippen LogP contribution in [-0.4, -0.2) is 24.4 Å². The van der Waals surface area contributed by atoms with Gasteiger partial charge in [0.25, 0.3) is 0 Å². The molecule has 1 saturated heterocycles. The van der Waals surface area contributed by atoms with Crippen molar-refractivity contribution in [3.05, 3.63) is 35.4 Å². The predicted molar refractivity (Wildman–Crippen MR) is 69.9 cm³/mol. The molecular weight excluding hydrogens is 234 g/mol. The Bertz CT molecular complexity index is 391. The number of nitrogens with one attached hydrogen (secondary N) is 1. The van der Waals surface area contributed by atoms with Crippen LogP contribution in [0.15, 0.2) is 24.3 Å². The summed E-state index contributed by atoms with van der Waals surface area (Å²) in [6.45, 7) is 4.34. The number of carbonyl (C=O) groups excluding carboxylic acids is 1. The highest BCUT2D eigenvalue weighted by molar-refractivity contribution is 7.99. The van der Waals surface area contributed by atoms with Crippen molar-refractivity contribution in [2.45, 2.75) is 25.3 Å². The SMILES string of the molecule is CCOC(=O)[C@@H]1CS[C@H](c2ccc(C)cc2)N1. The van der Waals surface area contributed by atoms with Crippen LogP contribution in [0.1, 0.15) is 23.4 Å². The Kier molecular flexibility index (Phi) is 4.07. The minimum atomic E-state index is -0.175. The fourth-order valence-electron chi connectivity index (χ4n) is 1.78. The number of rotatable bonds is 3. The number of ether oxygens (including phenoxy) is 1. The van der Waals surface area contributed by atoms with Crippen molar-refractivity contribution < 1.29 is 9.53 Å². The van der Waals surface area contributed by atoms with E-state index in [-0.39, 0.29) is 17.4 Å². The van der Waals surface area contributed by atoms with E-state index in [1.54, 1.807) is 11.8 Å². The summed E-state index contributed by atoms with van der Waals surface area (Å²) >= 11 is 1.75. The minimum absolute atomic E-state index is 0.144. The van der Waals surface area contributed by atoms with Gasteiger partial charge in [-0.2, -0.15) is 0 Å². The Hall–Kier alpha value is -1.00. The van der Waals surface area contributed by atoms with Gasteiger partial charge in [0, 0.05) is 5.75 Å². The first-order valence-corrected chi connectivity index (χ1v) is 6.86. The first kappa shape index (κ1) is 12.5. The summed E-state index contributed by atoms with van der Waals surface area (Å²) in [4.78, 5) is 11.6. The lowest BCUT2D eigenvalue weighted by molar-refractivity contribution is -0.144. The van der Waals surface area contributed by atoms with Crippen molar-refractivity contribution in [2.24, 2.45) is 0 Å². The number of carbonyl (C=O) groups is 1. The van der Waals surface area contributed by atoms with Gasteiger partial charge in [0.2, 0.25) is 0 Å². The van der Waals surface area contributed by atoms with Crippen molar-refractivity contribution in [2.75, 3.05) is 12.4 Å². The van der Waals surface area contributed by atoms with Crippen LogP contribution in [0.4, 0.5) is 0 Å². The van der Waals surface area contributed by atoms with Crippen LogP contribution in [0.2, 0.25) is 0 Å². The van der Waals surface area contributed by atoms with Crippen molar-refractivity contribution in [3.63, 3.8) is 0 Å². The third-order valence-electron chi connectivity index (χ3n) is 2.73. The zero-order valence-corrected chi connectivity index (χ0v) is 10.9. The minimum Gasteiger partial charge on any atom is -0.465 e. The zero-order valence-electron chi connectivity index (χ0n) is 10.1. The predicted octanol–water partition coefficient (Wildman–Crippen LogP) is 2.26. The molecule has 0 saturated carbocycles. The van der Waals surface area contributed by atoms with E-state index in [9.17, 15) is 4.79 Å². The molecule has 4 heteroatoms. The third kappa shape index (κ3) is 3.01. The summed E-state index contributed by atoms with van der Waals surface area (Å²) in [5.41, 5.74) is 2.46. The van der Waals surface area contributed by atoms with Crippen LogP contribution >= 0.6 is 11.8 Å². The highest BCUT2D eigenvalue weighted by Crippen LogP contribution is 2.33. The van der Waals surface area contributed by atoms with Gasteiger partial charge in [-0.3, -0.25) is 10.1 Å². The maximum Gasteiger partial charge on any atom is 0.324 e. The monoisotopic (exact) mass is 251 g/mol. The van der Waals surface area contributed by atoms with Gasteiger partial charge in [0.1, 0.15) is 6.04 Å². The molecule has 2 atom stereocenters. The topological polar surface area (TPSA) is 38.3 Å². The molecular formula is C13H17NO2S. The van der Waals surface area contributed by atoms with Gasteiger partial charge in [-0.1, -0.05) is 29.8 Å². The summed E-state index contributed by atoms with van der Waals surface area (Å²) in [6, 6.07) is 8.22. The third-order valence-corrected chi connectivity index (χ3v) is 4.00. The van der Waals surface area contributed by atoms with Gasteiger partial charge in [0.15, 0.2) is 0 Å². The molecule has 0 spiro atoms. The Balaban J connectivity index is 1.98. The van der Waals surface area contributed by atoms with E-state index in [2.05, 4.69) is 36.5 Å². The van der Waals surface area contributed by atoms with Gasteiger partial charge in [-0.25, -0.2) is 0 Å². The summed E-state index contributed by atoms with van der Waals surface area (Å²) in [5, 5.41) is 3.50. The van der Waals surface area contributed by atoms with Gasteiger partial charge in [0.05, 0.1) is 12.0 Å². The van der Waals surface area contributed by atoms with Crippen LogP contribution < -0.4 is 5.32 Å². The second-order valence-corrected chi connectivity index (χ2v) is 5.23. The summed E-state index contributed by atoms with van der Waals surface area (Å²) in [6.07, 6.45) is 0. The van der Waals surface area contributed by atoms with E-state index in [1.807, 2.05) is 6.92 Å². The number of aryl methyl sites for hydroxylation is 1. The van der Waals surface area contributed by atoms with E-state index < -0.39 is 0 Å². The molecule has 1 aliphatic rings. The Morgan fingerprint density at radius 2 is 2.18 bits per heavy atom. The molecule has 1 heterocycles. The molecule has 1 aromatic carbocycles. The molecule has 92 valence electrons. The van der Waals surface area contributed by atoms with E-state index >= 15 is 0 Å². The molecule has 1 aromatic rings. The average Bonchev–Trinajstić information content (AvgIpc) is 2.80. The summed E-state index contributed by atoms with van der Waals surface area (Å²) in [7, 11) is 0. The number of hydrogen-bond acceptors (Lipinski definition) is 4. The highest BCUT2D eigenvalue weighted by Gasteiger charge is 2.31. The molecule has 17 heavy (non-hydrogen) atoms. The molecule has 1 aliphatic heterocycles. The maximum atomic E-state index is 11.6. The van der Waals surface area contributed by atoms with Crippen molar-refractivity contribution >= 4 is 17.7 Å². The number of benzene rings is 1.